The van der Waals surface area contributed by atoms with Crippen LogP contribution < -0.4 is 16.2 Å². The molecule has 0 bridgehead atoms. The standard InChI is InChI=1S/C30H28ClN5O5/c1-3-35(4-2)26(38)18-36-16-6-8-22(30(36)41)19-10-12-20(13-11-19)28(39)34-27-23(7-5-9-24(27)37)29(40)33-25-15-14-21(31)17-32-25/h5-17,37H,3-4,18H2,1-2H3,(H,34,39)(H,32,33,40). The van der Waals surface area contributed by atoms with Gasteiger partial charge in [-0.25, -0.2) is 4.98 Å². The van der Waals surface area contributed by atoms with Gasteiger partial charge >= 0.3 is 0 Å². The molecule has 4 aromatic rings. The average molecular weight is 574 g/mol. The van der Waals surface area contributed by atoms with Gasteiger partial charge in [-0.2, -0.15) is 0 Å². The Hall–Kier alpha value is -4.96. The molecule has 0 aliphatic carbocycles. The first-order valence-corrected chi connectivity index (χ1v) is 13.2. The van der Waals surface area contributed by atoms with Crippen molar-refractivity contribution in [1.82, 2.24) is 14.5 Å². The maximum Gasteiger partial charge on any atom is 0.259 e. The van der Waals surface area contributed by atoms with Gasteiger partial charge in [-0.1, -0.05) is 29.8 Å². The zero-order valence-corrected chi connectivity index (χ0v) is 23.2. The molecule has 0 fully saturated rings. The van der Waals surface area contributed by atoms with Crippen LogP contribution in [-0.2, 0) is 11.3 Å². The second-order valence-corrected chi connectivity index (χ2v) is 9.40. The highest BCUT2D eigenvalue weighted by Gasteiger charge is 2.19. The molecule has 0 aliphatic rings. The largest absolute Gasteiger partial charge is 0.506 e. The summed E-state index contributed by atoms with van der Waals surface area (Å²) in [5, 5.41) is 16.0. The van der Waals surface area contributed by atoms with Crippen LogP contribution in [0.1, 0.15) is 34.6 Å². The number of rotatable bonds is 9. The fraction of sp³-hybridized carbons (Fsp3) is 0.167. The van der Waals surface area contributed by atoms with Crippen molar-refractivity contribution in [1.29, 1.82) is 0 Å². The third-order valence-electron chi connectivity index (χ3n) is 6.39. The van der Waals surface area contributed by atoms with E-state index in [1.54, 1.807) is 41.4 Å². The molecular formula is C30H28ClN5O5. The molecule has 0 saturated heterocycles. The maximum absolute atomic E-state index is 13.1. The van der Waals surface area contributed by atoms with E-state index in [9.17, 15) is 24.3 Å². The number of aromatic nitrogens is 2. The zero-order chi connectivity index (χ0) is 29.5. The smallest absolute Gasteiger partial charge is 0.259 e. The van der Waals surface area contributed by atoms with Gasteiger partial charge in [0.25, 0.3) is 17.4 Å². The molecule has 41 heavy (non-hydrogen) atoms. The highest BCUT2D eigenvalue weighted by Crippen LogP contribution is 2.29. The van der Waals surface area contributed by atoms with Crippen LogP contribution in [0, 0.1) is 0 Å². The Bertz CT molecular complexity index is 1630. The first-order chi connectivity index (χ1) is 19.7. The Balaban J connectivity index is 1.52. The van der Waals surface area contributed by atoms with Crippen LogP contribution in [0.25, 0.3) is 11.1 Å². The summed E-state index contributed by atoms with van der Waals surface area (Å²) in [6.07, 6.45) is 2.95. The number of phenolic OH excluding ortho intramolecular Hbond substituents is 1. The number of anilines is 2. The molecule has 0 unspecified atom stereocenters. The predicted molar refractivity (Wildman–Crippen MR) is 157 cm³/mol. The van der Waals surface area contributed by atoms with Crippen LogP contribution in [0.2, 0.25) is 5.02 Å². The molecule has 2 heterocycles. The molecule has 4 rings (SSSR count). The molecule has 0 atom stereocenters. The van der Waals surface area contributed by atoms with Gasteiger partial charge < -0.3 is 25.2 Å². The lowest BCUT2D eigenvalue weighted by molar-refractivity contribution is -0.131. The Morgan fingerprint density at radius 1 is 0.927 bits per heavy atom. The molecule has 3 N–H and O–H groups in total. The van der Waals surface area contributed by atoms with Crippen molar-refractivity contribution in [2.75, 3.05) is 23.7 Å². The molecule has 0 saturated carbocycles. The first kappa shape index (κ1) is 29.0. The summed E-state index contributed by atoms with van der Waals surface area (Å²) in [7, 11) is 0. The van der Waals surface area contributed by atoms with Crippen molar-refractivity contribution in [3.8, 4) is 16.9 Å². The van der Waals surface area contributed by atoms with E-state index in [0.717, 1.165) is 0 Å². The fourth-order valence-electron chi connectivity index (χ4n) is 4.18. The van der Waals surface area contributed by atoms with E-state index < -0.39 is 11.8 Å². The zero-order valence-electron chi connectivity index (χ0n) is 22.4. The number of likely N-dealkylation sites (N-methyl/N-ethyl adjacent to an activating group) is 1. The number of pyridine rings is 2. The number of phenols is 1. The van der Waals surface area contributed by atoms with Gasteiger partial charge in [-0.15, -0.1) is 0 Å². The van der Waals surface area contributed by atoms with E-state index in [2.05, 4.69) is 15.6 Å². The molecule has 0 aliphatic heterocycles. The van der Waals surface area contributed by atoms with E-state index in [0.29, 0.717) is 29.2 Å². The van der Waals surface area contributed by atoms with E-state index >= 15 is 0 Å². The van der Waals surface area contributed by atoms with E-state index in [4.69, 9.17) is 11.6 Å². The summed E-state index contributed by atoms with van der Waals surface area (Å²) < 4.78 is 1.36. The molecule has 210 valence electrons. The Labute approximate surface area is 241 Å². The van der Waals surface area contributed by atoms with Crippen LogP contribution in [0.5, 0.6) is 5.75 Å². The molecule has 3 amide bonds. The Morgan fingerprint density at radius 3 is 2.32 bits per heavy atom. The third-order valence-corrected chi connectivity index (χ3v) is 6.62. The normalized spacial score (nSPS) is 10.6. The van der Waals surface area contributed by atoms with Crippen molar-refractivity contribution in [3.05, 3.63) is 106 Å². The topological polar surface area (TPSA) is 134 Å². The number of nitrogens with zero attached hydrogens (tertiary/aromatic N) is 3. The third kappa shape index (κ3) is 6.79. The SMILES string of the molecule is CCN(CC)C(=O)Cn1cccc(-c2ccc(C(=O)Nc3c(O)cccc3C(=O)Nc3ccc(Cl)cn3)cc2)c1=O. The van der Waals surface area contributed by atoms with Crippen LogP contribution in [0.4, 0.5) is 11.5 Å². The lowest BCUT2D eigenvalue weighted by atomic mass is 10.0. The summed E-state index contributed by atoms with van der Waals surface area (Å²) in [5.74, 6) is -1.38. The summed E-state index contributed by atoms with van der Waals surface area (Å²) in [6, 6.07) is 17.0. The highest BCUT2D eigenvalue weighted by molar-refractivity contribution is 6.30. The minimum atomic E-state index is -0.596. The van der Waals surface area contributed by atoms with Crippen LogP contribution in [0.15, 0.2) is 83.9 Å². The molecule has 2 aromatic heterocycles. The van der Waals surface area contributed by atoms with Gasteiger partial charge in [-0.3, -0.25) is 19.2 Å². The number of hydrogen-bond acceptors (Lipinski definition) is 6. The second-order valence-electron chi connectivity index (χ2n) is 8.97. The lowest BCUT2D eigenvalue weighted by Crippen LogP contribution is -2.36. The number of benzene rings is 2. The predicted octanol–water partition coefficient (Wildman–Crippen LogP) is 4.64. The maximum atomic E-state index is 13.1. The molecule has 0 radical (unpaired) electrons. The number of para-hydroxylation sites is 1. The van der Waals surface area contributed by atoms with Gasteiger partial charge in [0.2, 0.25) is 5.91 Å². The summed E-state index contributed by atoms with van der Waals surface area (Å²) >= 11 is 5.84. The highest BCUT2D eigenvalue weighted by atomic mass is 35.5. The summed E-state index contributed by atoms with van der Waals surface area (Å²) in [6.45, 7) is 4.80. The number of hydrogen-bond donors (Lipinski definition) is 3. The Kier molecular flexibility index (Phi) is 9.15. The quantitative estimate of drug-likeness (QED) is 0.250. The number of halogens is 1. The van der Waals surface area contributed by atoms with Crippen molar-refractivity contribution in [3.63, 3.8) is 0 Å². The van der Waals surface area contributed by atoms with Gasteiger partial charge in [0.1, 0.15) is 18.1 Å². The van der Waals surface area contributed by atoms with Gasteiger partial charge in [0.05, 0.1) is 16.3 Å². The van der Waals surface area contributed by atoms with E-state index in [1.807, 2.05) is 13.8 Å². The number of carbonyl (C=O) groups excluding carboxylic acids is 3. The minimum absolute atomic E-state index is 0.0239. The first-order valence-electron chi connectivity index (χ1n) is 12.9. The molecule has 2 aromatic carbocycles. The Morgan fingerprint density at radius 2 is 1.66 bits per heavy atom. The van der Waals surface area contributed by atoms with Gasteiger partial charge in [-0.05, 0) is 67.9 Å². The number of nitrogens with one attached hydrogen (secondary N) is 2. The minimum Gasteiger partial charge on any atom is -0.506 e. The van der Waals surface area contributed by atoms with Crippen molar-refractivity contribution >= 4 is 40.8 Å². The molecule has 11 heteroatoms. The monoisotopic (exact) mass is 573 g/mol. The second kappa shape index (κ2) is 12.9. The van der Waals surface area contributed by atoms with E-state index in [1.165, 1.54) is 47.2 Å². The number of carbonyl (C=O) groups is 3. The number of amides is 3. The van der Waals surface area contributed by atoms with E-state index in [-0.39, 0.29) is 46.4 Å². The van der Waals surface area contributed by atoms with Crippen LogP contribution >= 0.6 is 11.6 Å². The molecule has 0 spiro atoms. The fourth-order valence-corrected chi connectivity index (χ4v) is 4.30. The van der Waals surface area contributed by atoms with Crippen molar-refractivity contribution in [2.24, 2.45) is 0 Å². The summed E-state index contributed by atoms with van der Waals surface area (Å²) in [5.41, 5.74) is 0.796. The van der Waals surface area contributed by atoms with Crippen LogP contribution in [0.3, 0.4) is 0 Å². The van der Waals surface area contributed by atoms with Crippen molar-refractivity contribution < 1.29 is 19.5 Å². The van der Waals surface area contributed by atoms with Gasteiger partial charge in [0, 0.05) is 36.6 Å². The summed E-state index contributed by atoms with van der Waals surface area (Å²) in [4.78, 5) is 57.2. The lowest BCUT2D eigenvalue weighted by Gasteiger charge is -2.19. The number of aromatic hydroxyl groups is 1. The van der Waals surface area contributed by atoms with Crippen LogP contribution in [-0.4, -0.2) is 50.4 Å². The van der Waals surface area contributed by atoms with Crippen molar-refractivity contribution in [2.45, 2.75) is 20.4 Å². The molecule has 10 nitrogen and oxygen atoms in total. The molecular weight excluding hydrogens is 546 g/mol. The average Bonchev–Trinajstić information content (AvgIpc) is 2.97. The van der Waals surface area contributed by atoms with Gasteiger partial charge in [0.15, 0.2) is 0 Å².